The number of aromatic nitrogens is 2. The van der Waals surface area contributed by atoms with Crippen molar-refractivity contribution in [3.05, 3.63) is 117 Å². The van der Waals surface area contributed by atoms with Gasteiger partial charge in [-0.05, 0) is 62.4 Å². The zero-order valence-corrected chi connectivity index (χ0v) is 33.6. The summed E-state index contributed by atoms with van der Waals surface area (Å²) in [4.78, 5) is 32.1. The number of phenols is 2. The van der Waals surface area contributed by atoms with Gasteiger partial charge in [-0.2, -0.15) is 0 Å². The molecule has 56 heavy (non-hydrogen) atoms. The van der Waals surface area contributed by atoms with Crippen LogP contribution < -0.4 is 10.6 Å². The Kier molecular flexibility index (Phi) is 17.4. The van der Waals surface area contributed by atoms with Gasteiger partial charge in [-0.3, -0.25) is 39.7 Å². The van der Waals surface area contributed by atoms with Crippen molar-refractivity contribution >= 4 is 48.1 Å². The third-order valence-corrected chi connectivity index (χ3v) is 9.83. The van der Waals surface area contributed by atoms with Crippen LogP contribution in [0.1, 0.15) is 59.6 Å². The highest BCUT2D eigenvalue weighted by Gasteiger charge is 2.12. The molecule has 0 fully saturated rings. The van der Waals surface area contributed by atoms with Crippen molar-refractivity contribution in [2.24, 2.45) is 20.0 Å². The van der Waals surface area contributed by atoms with Crippen LogP contribution in [0.5, 0.6) is 11.5 Å². The maximum atomic E-state index is 11.1. The van der Waals surface area contributed by atoms with Crippen molar-refractivity contribution in [3.63, 3.8) is 0 Å². The Labute approximate surface area is 340 Å². The third-order valence-electron chi connectivity index (χ3n) is 9.39. The maximum Gasteiger partial charge on any atom is 0.133 e. The van der Waals surface area contributed by atoms with Gasteiger partial charge in [0.15, 0.2) is 0 Å². The normalized spacial score (nSPS) is 16.4. The summed E-state index contributed by atoms with van der Waals surface area (Å²) in [7, 11) is 0. The van der Waals surface area contributed by atoms with E-state index in [-0.39, 0.29) is 23.6 Å². The minimum atomic E-state index is 0.0840. The molecule has 1 aliphatic rings. The van der Waals surface area contributed by atoms with E-state index >= 15 is 0 Å². The molecule has 2 unspecified atom stereocenters. The fourth-order valence-corrected chi connectivity index (χ4v) is 6.62. The number of nitrogens with zero attached hydrogens (tertiary/aromatic N) is 8. The summed E-state index contributed by atoms with van der Waals surface area (Å²) in [5, 5.41) is 30.3. The monoisotopic (exact) mass is 798 g/mol. The van der Waals surface area contributed by atoms with Crippen LogP contribution >= 0.6 is 23.2 Å². The lowest BCUT2D eigenvalue weighted by Gasteiger charge is -2.22. The standard InChI is InChI=1S/C42H52Cl2N10O2/c1-31(39-7-3-5-9-51-39)49-15-21-53-17-11-45-27-33-23-37(43)25-35(41(33)55)29-47-13-19-54(22-16-50-32(2)40-8-4-6-10-52-40)20-14-48-30-36-26-38(44)24-34(42(36)56)28-46-12-18-53/h3-10,23-32,49-50,55-56H,11-22H2,1-2H3. The number of benzene rings is 2. The first-order valence-electron chi connectivity index (χ1n) is 19.0. The molecule has 4 aromatic rings. The molecule has 2 atom stereocenters. The van der Waals surface area contributed by atoms with Crippen molar-refractivity contribution in [2.75, 3.05) is 78.5 Å². The molecule has 0 spiro atoms. The smallest absolute Gasteiger partial charge is 0.133 e. The van der Waals surface area contributed by atoms with Crippen LogP contribution in [0.25, 0.3) is 0 Å². The van der Waals surface area contributed by atoms with Crippen molar-refractivity contribution in [1.29, 1.82) is 0 Å². The molecule has 14 heteroatoms. The second-order valence-corrected chi connectivity index (χ2v) is 14.4. The molecule has 0 aliphatic carbocycles. The topological polar surface area (TPSA) is 146 Å². The second kappa shape index (κ2) is 22.9. The molecule has 1 aliphatic heterocycles. The number of halogens is 2. The fraction of sp³-hybridized carbons (Fsp3) is 0.381. The van der Waals surface area contributed by atoms with Crippen LogP contribution in [0.2, 0.25) is 10.0 Å². The molecule has 0 saturated carbocycles. The number of pyridine rings is 2. The number of nitrogens with one attached hydrogen (secondary N) is 2. The lowest BCUT2D eigenvalue weighted by atomic mass is 10.1. The Morgan fingerprint density at radius 2 is 0.911 bits per heavy atom. The number of rotatable bonds is 10. The molecule has 2 aromatic carbocycles. The first kappa shape index (κ1) is 42.6. The summed E-state index contributed by atoms with van der Waals surface area (Å²) >= 11 is 13.0. The van der Waals surface area contributed by atoms with Gasteiger partial charge in [0.2, 0.25) is 0 Å². The zero-order chi connectivity index (χ0) is 39.5. The van der Waals surface area contributed by atoms with Crippen LogP contribution in [0, 0.1) is 0 Å². The number of hydrogen-bond acceptors (Lipinski definition) is 12. The summed E-state index contributed by atoms with van der Waals surface area (Å²) < 4.78 is 0. The second-order valence-electron chi connectivity index (χ2n) is 13.6. The van der Waals surface area contributed by atoms with Gasteiger partial charge in [-0.15, -0.1) is 0 Å². The summed E-state index contributed by atoms with van der Waals surface area (Å²) in [6, 6.07) is 18.8. The summed E-state index contributed by atoms with van der Waals surface area (Å²) in [5.74, 6) is 0.168. The number of aromatic hydroxyl groups is 2. The summed E-state index contributed by atoms with van der Waals surface area (Å²) in [6.45, 7) is 11.8. The van der Waals surface area contributed by atoms with E-state index in [9.17, 15) is 10.2 Å². The van der Waals surface area contributed by atoms with Gasteiger partial charge in [0.05, 0.1) is 37.6 Å². The maximum absolute atomic E-state index is 11.1. The molecular formula is C42H52Cl2N10O2. The minimum absolute atomic E-state index is 0.0840. The fourth-order valence-electron chi connectivity index (χ4n) is 6.15. The Morgan fingerprint density at radius 3 is 1.21 bits per heavy atom. The predicted octanol–water partition coefficient (Wildman–Crippen LogP) is 5.89. The van der Waals surface area contributed by atoms with Crippen molar-refractivity contribution in [3.8, 4) is 11.5 Å². The molecule has 2 aromatic heterocycles. The van der Waals surface area contributed by atoms with Gasteiger partial charge in [0.25, 0.3) is 0 Å². The molecule has 4 N–H and O–H groups in total. The average Bonchev–Trinajstić information content (AvgIpc) is 3.20. The SMILES string of the molecule is CC(NCCN1CCN=Cc2cc(Cl)cc(c2O)C=NCCN(CCNC(C)c2ccccn2)CCN=Cc2cc(Cl)cc(c2O)C=NCC1)c1ccccn1. The lowest BCUT2D eigenvalue weighted by Crippen LogP contribution is -2.36. The van der Waals surface area contributed by atoms with Gasteiger partial charge >= 0.3 is 0 Å². The minimum Gasteiger partial charge on any atom is -0.507 e. The quantitative estimate of drug-likeness (QED) is 0.156. The van der Waals surface area contributed by atoms with E-state index in [1.165, 1.54) is 0 Å². The highest BCUT2D eigenvalue weighted by molar-refractivity contribution is 6.31. The highest BCUT2D eigenvalue weighted by atomic mass is 35.5. The molecule has 5 rings (SSSR count). The predicted molar refractivity (Wildman–Crippen MR) is 230 cm³/mol. The van der Waals surface area contributed by atoms with E-state index in [1.807, 2.05) is 36.4 Å². The van der Waals surface area contributed by atoms with E-state index in [4.69, 9.17) is 23.2 Å². The molecule has 0 radical (unpaired) electrons. The van der Waals surface area contributed by atoms with Crippen molar-refractivity contribution in [1.82, 2.24) is 30.4 Å². The number of aliphatic imine (C=N–C) groups is 4. The molecule has 3 heterocycles. The first-order chi connectivity index (χ1) is 27.3. The lowest BCUT2D eigenvalue weighted by molar-refractivity contribution is 0.284. The van der Waals surface area contributed by atoms with Crippen molar-refractivity contribution < 1.29 is 10.2 Å². The zero-order valence-electron chi connectivity index (χ0n) is 32.1. The number of hydrogen-bond donors (Lipinski definition) is 4. The van der Waals surface area contributed by atoms with Gasteiger partial charge in [0, 0.05) is 134 Å². The third kappa shape index (κ3) is 13.9. The Bertz CT molecular complexity index is 1710. The summed E-state index contributed by atoms with van der Waals surface area (Å²) in [5.41, 5.74) is 4.10. The molecule has 4 bridgehead atoms. The van der Waals surface area contributed by atoms with Crippen LogP contribution in [0.15, 0.2) is 93.0 Å². The van der Waals surface area contributed by atoms with Crippen LogP contribution in [-0.4, -0.2) is 133 Å². The highest BCUT2D eigenvalue weighted by Crippen LogP contribution is 2.26. The molecule has 0 saturated heterocycles. The van der Waals surface area contributed by atoms with E-state index in [0.717, 1.165) is 37.6 Å². The molecular weight excluding hydrogens is 747 g/mol. The van der Waals surface area contributed by atoms with E-state index in [1.54, 1.807) is 61.5 Å². The average molecular weight is 800 g/mol. The first-order valence-corrected chi connectivity index (χ1v) is 19.8. The van der Waals surface area contributed by atoms with E-state index < -0.39 is 0 Å². The van der Waals surface area contributed by atoms with Crippen LogP contribution in [0.3, 0.4) is 0 Å². The van der Waals surface area contributed by atoms with Gasteiger partial charge in [-0.1, -0.05) is 35.3 Å². The van der Waals surface area contributed by atoms with Crippen LogP contribution in [0.4, 0.5) is 0 Å². The molecule has 0 amide bonds. The van der Waals surface area contributed by atoms with Gasteiger partial charge in [-0.25, -0.2) is 0 Å². The largest absolute Gasteiger partial charge is 0.507 e. The van der Waals surface area contributed by atoms with E-state index in [0.29, 0.717) is 84.7 Å². The van der Waals surface area contributed by atoms with Crippen LogP contribution in [-0.2, 0) is 0 Å². The van der Waals surface area contributed by atoms with E-state index in [2.05, 4.69) is 64.2 Å². The Balaban J connectivity index is 1.30. The Hall–Kier alpha value is -4.56. The molecule has 296 valence electrons. The number of phenolic OH excluding ortho intramolecular Hbond substituents is 2. The van der Waals surface area contributed by atoms with Crippen molar-refractivity contribution in [2.45, 2.75) is 25.9 Å². The molecule has 12 nitrogen and oxygen atoms in total. The Morgan fingerprint density at radius 1 is 0.571 bits per heavy atom. The van der Waals surface area contributed by atoms with Gasteiger partial charge in [0.1, 0.15) is 11.5 Å². The van der Waals surface area contributed by atoms with Gasteiger partial charge < -0.3 is 20.8 Å². The summed E-state index contributed by atoms with van der Waals surface area (Å²) in [6.07, 6.45) is 10.2. The number of fused-ring (bicyclic) bond motifs is 4.